The van der Waals surface area contributed by atoms with Crippen LogP contribution < -0.4 is 5.32 Å². The van der Waals surface area contributed by atoms with Crippen LogP contribution in [0, 0.1) is 16.7 Å². The molecule has 0 heterocycles. The van der Waals surface area contributed by atoms with Crippen LogP contribution in [0.4, 0.5) is 0 Å². The first-order valence-electron chi connectivity index (χ1n) is 7.38. The minimum absolute atomic E-state index is 0.180. The van der Waals surface area contributed by atoms with E-state index in [2.05, 4.69) is 11.4 Å². The van der Waals surface area contributed by atoms with Gasteiger partial charge in [0.25, 0.3) is 0 Å². The third-order valence-electron chi connectivity index (χ3n) is 3.64. The van der Waals surface area contributed by atoms with Gasteiger partial charge in [-0.05, 0) is 46.1 Å². The second-order valence-electron chi connectivity index (χ2n) is 5.98. The molecule has 3 heteroatoms. The van der Waals surface area contributed by atoms with Gasteiger partial charge in [-0.2, -0.15) is 5.26 Å². The first kappa shape index (κ1) is 15.5. The van der Waals surface area contributed by atoms with Gasteiger partial charge in [-0.15, -0.1) is 0 Å². The topological polar surface area (TPSA) is 45.0 Å². The highest BCUT2D eigenvalue weighted by Gasteiger charge is 2.15. The van der Waals surface area contributed by atoms with Crippen LogP contribution in [0.3, 0.4) is 0 Å². The van der Waals surface area contributed by atoms with Crippen LogP contribution in [0.25, 0.3) is 0 Å². The van der Waals surface area contributed by atoms with Crippen LogP contribution in [-0.2, 0) is 4.74 Å². The SMILES string of the molecule is CC(C)(C#N)CCCNCCOC1CCCCC1. The summed E-state index contributed by atoms with van der Waals surface area (Å²) in [5, 5.41) is 12.3. The molecule has 1 aliphatic carbocycles. The Kier molecular flexibility index (Phi) is 7.31. The van der Waals surface area contributed by atoms with E-state index in [0.29, 0.717) is 6.10 Å². The summed E-state index contributed by atoms with van der Waals surface area (Å²) >= 11 is 0. The highest BCUT2D eigenvalue weighted by molar-refractivity contribution is 4.91. The van der Waals surface area contributed by atoms with Crippen molar-refractivity contribution in [2.45, 2.75) is 64.9 Å². The van der Waals surface area contributed by atoms with Gasteiger partial charge < -0.3 is 10.1 Å². The molecule has 1 aliphatic rings. The molecular formula is C15H28N2O. The fourth-order valence-corrected chi connectivity index (χ4v) is 2.37. The molecule has 0 unspecified atom stereocenters. The van der Waals surface area contributed by atoms with Crippen molar-refractivity contribution >= 4 is 0 Å². The molecule has 0 saturated heterocycles. The zero-order chi connectivity index (χ0) is 13.3. The van der Waals surface area contributed by atoms with Gasteiger partial charge >= 0.3 is 0 Å². The Morgan fingerprint density at radius 1 is 1.22 bits per heavy atom. The second kappa shape index (κ2) is 8.50. The van der Waals surface area contributed by atoms with E-state index in [0.717, 1.165) is 32.5 Å². The minimum atomic E-state index is -0.180. The normalized spacial score (nSPS) is 17.6. The third kappa shape index (κ3) is 6.98. The van der Waals surface area contributed by atoms with E-state index in [4.69, 9.17) is 10.00 Å². The molecule has 0 amide bonds. The van der Waals surface area contributed by atoms with Crippen LogP contribution in [0.5, 0.6) is 0 Å². The molecule has 1 rings (SSSR count). The zero-order valence-corrected chi connectivity index (χ0v) is 12.0. The summed E-state index contributed by atoms with van der Waals surface area (Å²) in [6.07, 6.45) is 9.07. The van der Waals surface area contributed by atoms with Crippen molar-refractivity contribution in [3.8, 4) is 6.07 Å². The number of nitrogens with one attached hydrogen (secondary N) is 1. The van der Waals surface area contributed by atoms with Gasteiger partial charge in [-0.3, -0.25) is 0 Å². The fraction of sp³-hybridized carbons (Fsp3) is 0.933. The van der Waals surface area contributed by atoms with E-state index in [1.54, 1.807) is 0 Å². The van der Waals surface area contributed by atoms with Crippen molar-refractivity contribution < 1.29 is 4.74 Å². The van der Waals surface area contributed by atoms with E-state index in [9.17, 15) is 0 Å². The van der Waals surface area contributed by atoms with Crippen LogP contribution >= 0.6 is 0 Å². The Hall–Kier alpha value is -0.590. The van der Waals surface area contributed by atoms with Crippen LogP contribution in [0.1, 0.15) is 58.8 Å². The summed E-state index contributed by atoms with van der Waals surface area (Å²) in [6, 6.07) is 2.33. The Labute approximate surface area is 112 Å². The number of ether oxygens (including phenoxy) is 1. The first-order valence-corrected chi connectivity index (χ1v) is 7.38. The Bertz CT molecular complexity index is 252. The highest BCUT2D eigenvalue weighted by atomic mass is 16.5. The van der Waals surface area contributed by atoms with Crippen LogP contribution in [0.2, 0.25) is 0 Å². The molecule has 0 aromatic carbocycles. The average molecular weight is 252 g/mol. The molecule has 1 fully saturated rings. The average Bonchev–Trinajstić information content (AvgIpc) is 2.39. The van der Waals surface area contributed by atoms with Crippen molar-refractivity contribution in [3.63, 3.8) is 0 Å². The van der Waals surface area contributed by atoms with Gasteiger partial charge in [0.2, 0.25) is 0 Å². The standard InChI is InChI=1S/C15H28N2O/c1-15(2,13-16)9-6-10-17-11-12-18-14-7-4-3-5-8-14/h14,17H,3-12H2,1-2H3. The Balaban J connectivity index is 1.88. The van der Waals surface area contributed by atoms with E-state index in [1.165, 1.54) is 32.1 Å². The molecule has 0 aliphatic heterocycles. The molecule has 0 radical (unpaired) electrons. The second-order valence-corrected chi connectivity index (χ2v) is 5.98. The zero-order valence-electron chi connectivity index (χ0n) is 12.0. The lowest BCUT2D eigenvalue weighted by Crippen LogP contribution is -2.25. The molecule has 0 aromatic heterocycles. The lowest BCUT2D eigenvalue weighted by molar-refractivity contribution is 0.0303. The maximum atomic E-state index is 8.89. The Morgan fingerprint density at radius 2 is 1.94 bits per heavy atom. The molecule has 0 aromatic rings. The highest BCUT2D eigenvalue weighted by Crippen LogP contribution is 2.20. The molecule has 1 N–H and O–H groups in total. The molecule has 3 nitrogen and oxygen atoms in total. The first-order chi connectivity index (χ1) is 8.64. The van der Waals surface area contributed by atoms with E-state index < -0.39 is 0 Å². The van der Waals surface area contributed by atoms with Crippen molar-refractivity contribution in [2.24, 2.45) is 5.41 Å². The van der Waals surface area contributed by atoms with Crippen LogP contribution in [0.15, 0.2) is 0 Å². The molecule has 0 spiro atoms. The summed E-state index contributed by atoms with van der Waals surface area (Å²) < 4.78 is 5.84. The molecule has 0 atom stereocenters. The van der Waals surface area contributed by atoms with Crippen molar-refractivity contribution in [2.75, 3.05) is 19.7 Å². The van der Waals surface area contributed by atoms with Gasteiger partial charge in [0.15, 0.2) is 0 Å². The molecule has 18 heavy (non-hydrogen) atoms. The summed E-state index contributed by atoms with van der Waals surface area (Å²) in [7, 11) is 0. The fourth-order valence-electron chi connectivity index (χ4n) is 2.37. The number of hydrogen-bond donors (Lipinski definition) is 1. The van der Waals surface area contributed by atoms with Gasteiger partial charge in [-0.1, -0.05) is 19.3 Å². The molecule has 0 bridgehead atoms. The summed E-state index contributed by atoms with van der Waals surface area (Å²) in [4.78, 5) is 0. The molecule has 104 valence electrons. The van der Waals surface area contributed by atoms with Crippen molar-refractivity contribution in [1.82, 2.24) is 5.32 Å². The summed E-state index contributed by atoms with van der Waals surface area (Å²) in [5.74, 6) is 0. The summed E-state index contributed by atoms with van der Waals surface area (Å²) in [6.45, 7) is 6.74. The van der Waals surface area contributed by atoms with Gasteiger partial charge in [0.05, 0.1) is 24.2 Å². The van der Waals surface area contributed by atoms with Gasteiger partial charge in [0.1, 0.15) is 0 Å². The van der Waals surface area contributed by atoms with E-state index >= 15 is 0 Å². The lowest BCUT2D eigenvalue weighted by Gasteiger charge is -2.22. The van der Waals surface area contributed by atoms with Crippen molar-refractivity contribution in [1.29, 1.82) is 5.26 Å². The van der Waals surface area contributed by atoms with Crippen molar-refractivity contribution in [3.05, 3.63) is 0 Å². The monoisotopic (exact) mass is 252 g/mol. The van der Waals surface area contributed by atoms with E-state index in [-0.39, 0.29) is 5.41 Å². The largest absolute Gasteiger partial charge is 0.377 e. The number of nitrogens with zero attached hydrogens (tertiary/aromatic N) is 1. The number of hydrogen-bond acceptors (Lipinski definition) is 3. The van der Waals surface area contributed by atoms with Gasteiger partial charge in [0, 0.05) is 6.54 Å². The maximum Gasteiger partial charge on any atom is 0.0683 e. The predicted octanol–water partition coefficient (Wildman–Crippen LogP) is 3.26. The lowest BCUT2D eigenvalue weighted by atomic mass is 9.90. The predicted molar refractivity (Wildman–Crippen MR) is 74.3 cm³/mol. The minimum Gasteiger partial charge on any atom is -0.377 e. The molecular weight excluding hydrogens is 224 g/mol. The Morgan fingerprint density at radius 3 is 2.61 bits per heavy atom. The maximum absolute atomic E-state index is 8.89. The van der Waals surface area contributed by atoms with E-state index in [1.807, 2.05) is 13.8 Å². The van der Waals surface area contributed by atoms with Crippen LogP contribution in [-0.4, -0.2) is 25.8 Å². The number of rotatable bonds is 8. The number of nitriles is 1. The smallest absolute Gasteiger partial charge is 0.0683 e. The summed E-state index contributed by atoms with van der Waals surface area (Å²) in [5.41, 5.74) is -0.180. The van der Waals surface area contributed by atoms with Gasteiger partial charge in [-0.25, -0.2) is 0 Å². The quantitative estimate of drug-likeness (QED) is 0.674. The molecule has 1 saturated carbocycles. The third-order valence-corrected chi connectivity index (χ3v) is 3.64.